The summed E-state index contributed by atoms with van der Waals surface area (Å²) in [5.41, 5.74) is 2.45. The highest BCUT2D eigenvalue weighted by molar-refractivity contribution is 5.89. The van der Waals surface area contributed by atoms with Crippen LogP contribution in [0.4, 0.5) is 0 Å². The summed E-state index contributed by atoms with van der Waals surface area (Å²) in [5.74, 6) is 2.23. The Morgan fingerprint density at radius 3 is 1.96 bits per heavy atom. The van der Waals surface area contributed by atoms with Gasteiger partial charge < -0.3 is 4.74 Å². The van der Waals surface area contributed by atoms with E-state index >= 15 is 0 Å². The summed E-state index contributed by atoms with van der Waals surface area (Å²) in [6, 6.07) is 15.3. The van der Waals surface area contributed by atoms with E-state index in [0.29, 0.717) is 5.57 Å². The highest BCUT2D eigenvalue weighted by atomic mass is 16.6. The number of rotatable bonds is 2. The molecule has 0 unspecified atom stereocenters. The number of hydrogen-bond acceptors (Lipinski definition) is 2. The molecule has 0 fully saturated rings. The van der Waals surface area contributed by atoms with Gasteiger partial charge in [-0.25, -0.2) is 4.79 Å². The van der Waals surface area contributed by atoms with E-state index in [9.17, 15) is 4.79 Å². The van der Waals surface area contributed by atoms with E-state index in [4.69, 9.17) is 11.2 Å². The standard InChI is InChI=1S/C21H16O2/c1-4-21(23-20(22)15(2)3)18-11-7-5-9-16(18)13-14-17-10-6-8-12-19(17)21/h1,5-14H,2H2,3H3. The first kappa shape index (κ1) is 14.9. The normalized spacial score (nSPS) is 13.9. The molecule has 0 aliphatic heterocycles. The number of ether oxygens (including phenoxy) is 1. The Morgan fingerprint density at radius 2 is 1.52 bits per heavy atom. The summed E-state index contributed by atoms with van der Waals surface area (Å²) >= 11 is 0. The first-order valence-corrected chi connectivity index (χ1v) is 7.32. The van der Waals surface area contributed by atoms with Crippen molar-refractivity contribution in [2.75, 3.05) is 0 Å². The minimum atomic E-state index is -1.27. The maximum absolute atomic E-state index is 12.3. The summed E-state index contributed by atoms with van der Waals surface area (Å²) in [6.07, 6.45) is 9.88. The third-order valence-electron chi connectivity index (χ3n) is 3.92. The predicted molar refractivity (Wildman–Crippen MR) is 92.3 cm³/mol. The van der Waals surface area contributed by atoms with Crippen LogP contribution < -0.4 is 0 Å². The lowest BCUT2D eigenvalue weighted by Gasteiger charge is -2.31. The molecule has 0 amide bonds. The molecule has 0 radical (unpaired) electrons. The Balaban J connectivity index is 2.33. The molecule has 2 heteroatoms. The number of hydrogen-bond donors (Lipinski definition) is 0. The lowest BCUT2D eigenvalue weighted by atomic mass is 9.83. The first-order valence-electron chi connectivity index (χ1n) is 7.32. The van der Waals surface area contributed by atoms with Gasteiger partial charge in [-0.1, -0.05) is 67.3 Å². The van der Waals surface area contributed by atoms with Crippen LogP contribution in [0.2, 0.25) is 0 Å². The summed E-state index contributed by atoms with van der Waals surface area (Å²) in [6.45, 7) is 5.27. The van der Waals surface area contributed by atoms with Gasteiger partial charge in [0.1, 0.15) is 0 Å². The van der Waals surface area contributed by atoms with Gasteiger partial charge in [-0.05, 0) is 24.0 Å². The van der Waals surface area contributed by atoms with Gasteiger partial charge in [0.05, 0.1) is 0 Å². The molecule has 0 atom stereocenters. The van der Waals surface area contributed by atoms with Crippen LogP contribution in [0.1, 0.15) is 29.2 Å². The van der Waals surface area contributed by atoms with Crippen molar-refractivity contribution in [1.29, 1.82) is 0 Å². The van der Waals surface area contributed by atoms with E-state index in [-0.39, 0.29) is 0 Å². The fraction of sp³-hybridized carbons (Fsp3) is 0.0952. The number of benzene rings is 2. The molecule has 2 nitrogen and oxygen atoms in total. The van der Waals surface area contributed by atoms with E-state index in [1.807, 2.05) is 60.7 Å². The van der Waals surface area contributed by atoms with Crippen molar-refractivity contribution in [2.24, 2.45) is 0 Å². The zero-order chi connectivity index (χ0) is 16.4. The van der Waals surface area contributed by atoms with Crippen molar-refractivity contribution >= 4 is 18.1 Å². The Morgan fingerprint density at radius 1 is 1.04 bits per heavy atom. The van der Waals surface area contributed by atoms with Gasteiger partial charge in [0.15, 0.2) is 0 Å². The SMILES string of the molecule is C#CC1(OC(=O)C(=C)C)c2ccccc2C=Cc2ccccc21. The lowest BCUT2D eigenvalue weighted by Crippen LogP contribution is -2.33. The number of carbonyl (C=O) groups is 1. The molecular formula is C21H16O2. The maximum atomic E-state index is 12.3. The monoisotopic (exact) mass is 300 g/mol. The first-order chi connectivity index (χ1) is 11.1. The molecule has 23 heavy (non-hydrogen) atoms. The van der Waals surface area contributed by atoms with Crippen molar-refractivity contribution in [1.82, 2.24) is 0 Å². The zero-order valence-corrected chi connectivity index (χ0v) is 12.9. The van der Waals surface area contributed by atoms with Gasteiger partial charge in [-0.2, -0.15) is 0 Å². The number of terminal acetylenes is 1. The fourth-order valence-corrected chi connectivity index (χ4v) is 2.77. The van der Waals surface area contributed by atoms with E-state index in [2.05, 4.69) is 12.5 Å². The van der Waals surface area contributed by atoms with Crippen LogP contribution in [0.15, 0.2) is 60.7 Å². The van der Waals surface area contributed by atoms with Crippen molar-refractivity contribution in [3.8, 4) is 12.3 Å². The lowest BCUT2D eigenvalue weighted by molar-refractivity contribution is -0.147. The highest BCUT2D eigenvalue weighted by Crippen LogP contribution is 2.40. The van der Waals surface area contributed by atoms with Gasteiger partial charge in [0, 0.05) is 16.7 Å². The molecule has 1 aliphatic carbocycles. The predicted octanol–water partition coefficient (Wildman–Crippen LogP) is 4.17. The van der Waals surface area contributed by atoms with Crippen LogP contribution in [-0.4, -0.2) is 5.97 Å². The molecule has 0 saturated carbocycles. The van der Waals surface area contributed by atoms with Crippen LogP contribution in [0.3, 0.4) is 0 Å². The van der Waals surface area contributed by atoms with Crippen LogP contribution in [0.25, 0.3) is 12.2 Å². The number of carbonyl (C=O) groups excluding carboxylic acids is 1. The molecule has 0 bridgehead atoms. The minimum Gasteiger partial charge on any atom is -0.434 e. The minimum absolute atomic E-state index is 0.312. The number of fused-ring (bicyclic) bond motifs is 2. The van der Waals surface area contributed by atoms with Crippen molar-refractivity contribution < 1.29 is 9.53 Å². The molecule has 0 spiro atoms. The summed E-state index contributed by atoms with van der Waals surface area (Å²) in [5, 5.41) is 0. The van der Waals surface area contributed by atoms with E-state index in [1.54, 1.807) is 6.92 Å². The van der Waals surface area contributed by atoms with E-state index < -0.39 is 11.6 Å². The van der Waals surface area contributed by atoms with Gasteiger partial charge in [-0.3, -0.25) is 0 Å². The fourth-order valence-electron chi connectivity index (χ4n) is 2.77. The average molecular weight is 300 g/mol. The molecule has 3 rings (SSSR count). The smallest absolute Gasteiger partial charge is 0.335 e. The largest absolute Gasteiger partial charge is 0.434 e. The Hall–Kier alpha value is -3.05. The third kappa shape index (κ3) is 2.37. The molecule has 112 valence electrons. The van der Waals surface area contributed by atoms with Crippen LogP contribution in [-0.2, 0) is 15.1 Å². The second-order valence-corrected chi connectivity index (χ2v) is 5.50. The van der Waals surface area contributed by atoms with Crippen LogP contribution in [0.5, 0.6) is 0 Å². The van der Waals surface area contributed by atoms with Crippen molar-refractivity contribution in [3.05, 3.63) is 82.9 Å². The van der Waals surface area contributed by atoms with E-state index in [1.165, 1.54) is 0 Å². The topological polar surface area (TPSA) is 26.3 Å². The quantitative estimate of drug-likeness (QED) is 0.473. The Kier molecular flexibility index (Phi) is 3.64. The van der Waals surface area contributed by atoms with Crippen molar-refractivity contribution in [3.63, 3.8) is 0 Å². The van der Waals surface area contributed by atoms with Gasteiger partial charge in [0.2, 0.25) is 5.60 Å². The molecule has 2 aromatic rings. The zero-order valence-electron chi connectivity index (χ0n) is 12.9. The average Bonchev–Trinajstić information content (AvgIpc) is 2.71. The Labute approximate surface area is 136 Å². The van der Waals surface area contributed by atoms with Crippen LogP contribution in [0, 0.1) is 12.3 Å². The van der Waals surface area contributed by atoms with Gasteiger partial charge >= 0.3 is 5.97 Å². The molecule has 0 heterocycles. The summed E-state index contributed by atoms with van der Waals surface area (Å²) in [7, 11) is 0. The second kappa shape index (κ2) is 5.62. The molecule has 2 aromatic carbocycles. The molecule has 0 aromatic heterocycles. The summed E-state index contributed by atoms with van der Waals surface area (Å²) < 4.78 is 5.81. The number of esters is 1. The van der Waals surface area contributed by atoms with Crippen LogP contribution >= 0.6 is 0 Å². The molecular weight excluding hydrogens is 284 g/mol. The second-order valence-electron chi connectivity index (χ2n) is 5.50. The highest BCUT2D eigenvalue weighted by Gasteiger charge is 2.40. The van der Waals surface area contributed by atoms with E-state index in [0.717, 1.165) is 22.3 Å². The third-order valence-corrected chi connectivity index (χ3v) is 3.92. The maximum Gasteiger partial charge on any atom is 0.335 e. The Bertz CT molecular complexity index is 816. The molecule has 0 saturated heterocycles. The van der Waals surface area contributed by atoms with Gasteiger partial charge in [-0.15, -0.1) is 6.42 Å². The summed E-state index contributed by atoms with van der Waals surface area (Å²) in [4.78, 5) is 12.3. The van der Waals surface area contributed by atoms with Crippen molar-refractivity contribution in [2.45, 2.75) is 12.5 Å². The molecule has 0 N–H and O–H groups in total. The van der Waals surface area contributed by atoms with Gasteiger partial charge in [0.25, 0.3) is 0 Å². The molecule has 1 aliphatic rings.